The predicted molar refractivity (Wildman–Crippen MR) is 131 cm³/mol. The third-order valence-electron chi connectivity index (χ3n) is 4.78. The number of esters is 1. The zero-order chi connectivity index (χ0) is 24.0. The first-order valence-corrected chi connectivity index (χ1v) is 11.5. The Kier molecular flexibility index (Phi) is 8.16. The van der Waals surface area contributed by atoms with Crippen molar-refractivity contribution in [2.24, 2.45) is 10.9 Å². The van der Waals surface area contributed by atoms with E-state index in [9.17, 15) is 9.59 Å². The summed E-state index contributed by atoms with van der Waals surface area (Å²) in [6.07, 6.45) is 1.83. The van der Waals surface area contributed by atoms with Crippen molar-refractivity contribution >= 4 is 40.6 Å². The minimum absolute atomic E-state index is 0.105. The Balaban J connectivity index is 1.84. The van der Waals surface area contributed by atoms with E-state index in [4.69, 9.17) is 14.2 Å². The van der Waals surface area contributed by atoms with E-state index in [1.165, 1.54) is 18.9 Å². The van der Waals surface area contributed by atoms with Gasteiger partial charge in [-0.05, 0) is 72.6 Å². The number of thioether (sulfide) groups is 1. The van der Waals surface area contributed by atoms with Gasteiger partial charge < -0.3 is 14.2 Å². The lowest BCUT2D eigenvalue weighted by atomic mass is 10.1. The van der Waals surface area contributed by atoms with Crippen molar-refractivity contribution in [2.75, 3.05) is 27.4 Å². The van der Waals surface area contributed by atoms with E-state index in [1.807, 2.05) is 31.2 Å². The first kappa shape index (κ1) is 24.4. The van der Waals surface area contributed by atoms with Crippen molar-refractivity contribution in [3.63, 3.8) is 0 Å². The number of ether oxygens (including phenoxy) is 3. The molecule has 0 saturated carbocycles. The van der Waals surface area contributed by atoms with Crippen molar-refractivity contribution < 1.29 is 23.8 Å². The minimum atomic E-state index is -0.406. The maximum atomic E-state index is 13.0. The van der Waals surface area contributed by atoms with Gasteiger partial charge >= 0.3 is 5.97 Å². The van der Waals surface area contributed by atoms with Gasteiger partial charge in [0, 0.05) is 6.54 Å². The maximum Gasteiger partial charge on any atom is 0.337 e. The van der Waals surface area contributed by atoms with E-state index >= 15 is 0 Å². The topological polar surface area (TPSA) is 77.4 Å². The van der Waals surface area contributed by atoms with E-state index < -0.39 is 5.97 Å². The molecule has 8 heteroatoms. The average Bonchev–Trinajstić information content (AvgIpc) is 3.11. The Morgan fingerprint density at radius 1 is 1.12 bits per heavy atom. The predicted octanol–water partition coefficient (Wildman–Crippen LogP) is 5.14. The highest BCUT2D eigenvalue weighted by Crippen LogP contribution is 2.36. The van der Waals surface area contributed by atoms with Crippen LogP contribution < -0.4 is 9.47 Å². The fourth-order valence-electron chi connectivity index (χ4n) is 3.07. The van der Waals surface area contributed by atoms with Crippen molar-refractivity contribution in [1.82, 2.24) is 4.90 Å². The molecule has 0 bridgehead atoms. The molecule has 0 aliphatic carbocycles. The fraction of sp³-hybridized carbons (Fsp3) is 0.320. The molecule has 0 unspecified atom stereocenters. The van der Waals surface area contributed by atoms with Crippen LogP contribution in [0.2, 0.25) is 0 Å². The Morgan fingerprint density at radius 3 is 2.45 bits per heavy atom. The summed E-state index contributed by atoms with van der Waals surface area (Å²) in [5, 5.41) is 0.586. The van der Waals surface area contributed by atoms with Gasteiger partial charge in [-0.15, -0.1) is 0 Å². The third kappa shape index (κ3) is 5.96. The zero-order valence-electron chi connectivity index (χ0n) is 19.5. The fourth-order valence-corrected chi connectivity index (χ4v) is 4.13. The van der Waals surface area contributed by atoms with Crippen LogP contribution in [-0.2, 0) is 9.53 Å². The van der Waals surface area contributed by atoms with Gasteiger partial charge in [-0.2, -0.15) is 0 Å². The van der Waals surface area contributed by atoms with Crippen LogP contribution in [0, 0.1) is 5.92 Å². The average molecular weight is 469 g/mol. The quantitative estimate of drug-likeness (QED) is 0.394. The van der Waals surface area contributed by atoms with Crippen LogP contribution in [-0.4, -0.2) is 49.3 Å². The molecule has 3 rings (SSSR count). The largest absolute Gasteiger partial charge is 0.493 e. The number of amides is 1. The first-order valence-electron chi connectivity index (χ1n) is 10.7. The SMILES string of the molecule is CCN1C(=O)/C(=C\c2ccc(OCC(C)C)c(OC)c2)SC1=Nc1ccc(C(=O)OC)cc1. The number of carbonyl (C=O) groups is 2. The number of rotatable bonds is 8. The molecule has 7 nitrogen and oxygen atoms in total. The van der Waals surface area contributed by atoms with Crippen LogP contribution in [0.3, 0.4) is 0 Å². The lowest BCUT2D eigenvalue weighted by Gasteiger charge is -2.13. The molecule has 1 fully saturated rings. The molecule has 1 heterocycles. The summed E-state index contributed by atoms with van der Waals surface area (Å²) in [5.41, 5.74) is 1.92. The van der Waals surface area contributed by atoms with Gasteiger partial charge in [-0.1, -0.05) is 19.9 Å². The van der Waals surface area contributed by atoms with Crippen LogP contribution in [0.15, 0.2) is 52.4 Å². The van der Waals surface area contributed by atoms with E-state index in [0.717, 1.165) is 5.56 Å². The molecule has 0 spiro atoms. The van der Waals surface area contributed by atoms with Gasteiger partial charge in [0.05, 0.1) is 37.0 Å². The molecule has 0 N–H and O–H groups in total. The van der Waals surface area contributed by atoms with Gasteiger partial charge in [0.15, 0.2) is 16.7 Å². The molecular weight excluding hydrogens is 440 g/mol. The molecular formula is C25H28N2O5S. The number of benzene rings is 2. The Labute approximate surface area is 198 Å². The summed E-state index contributed by atoms with van der Waals surface area (Å²) in [6, 6.07) is 12.3. The third-order valence-corrected chi connectivity index (χ3v) is 5.78. The smallest absolute Gasteiger partial charge is 0.337 e. The molecule has 0 atom stereocenters. The van der Waals surface area contributed by atoms with E-state index in [-0.39, 0.29) is 5.91 Å². The van der Waals surface area contributed by atoms with E-state index in [0.29, 0.717) is 51.9 Å². The number of methoxy groups -OCH3 is 2. The van der Waals surface area contributed by atoms with Gasteiger partial charge in [0.2, 0.25) is 0 Å². The van der Waals surface area contributed by atoms with Gasteiger partial charge in [-0.3, -0.25) is 9.69 Å². The van der Waals surface area contributed by atoms with Crippen molar-refractivity contribution in [2.45, 2.75) is 20.8 Å². The Bertz CT molecular complexity index is 1080. The first-order chi connectivity index (χ1) is 15.9. The summed E-state index contributed by atoms with van der Waals surface area (Å²) in [7, 11) is 2.94. The number of carbonyl (C=O) groups excluding carboxylic acids is 2. The minimum Gasteiger partial charge on any atom is -0.493 e. The van der Waals surface area contributed by atoms with Crippen molar-refractivity contribution in [1.29, 1.82) is 0 Å². The number of hydrogen-bond donors (Lipinski definition) is 0. The summed E-state index contributed by atoms with van der Waals surface area (Å²) in [5.74, 6) is 1.18. The number of likely N-dealkylation sites (N-methyl/N-ethyl adjacent to an activating group) is 1. The van der Waals surface area contributed by atoms with Gasteiger partial charge in [-0.25, -0.2) is 9.79 Å². The molecule has 2 aromatic carbocycles. The second kappa shape index (κ2) is 11.0. The van der Waals surface area contributed by atoms with Crippen LogP contribution >= 0.6 is 11.8 Å². The molecule has 1 aliphatic heterocycles. The normalized spacial score (nSPS) is 16.1. The molecule has 0 radical (unpaired) electrons. The van der Waals surface area contributed by atoms with Gasteiger partial charge in [0.25, 0.3) is 5.91 Å². The number of nitrogens with zero attached hydrogens (tertiary/aromatic N) is 2. The van der Waals surface area contributed by atoms with Crippen molar-refractivity contribution in [3.8, 4) is 11.5 Å². The second-order valence-corrected chi connectivity index (χ2v) is 8.72. The monoisotopic (exact) mass is 468 g/mol. The van der Waals surface area contributed by atoms with Gasteiger partial charge in [0.1, 0.15) is 0 Å². The molecule has 1 aliphatic rings. The van der Waals surface area contributed by atoms with Crippen molar-refractivity contribution in [3.05, 3.63) is 58.5 Å². The lowest BCUT2D eigenvalue weighted by molar-refractivity contribution is -0.122. The lowest BCUT2D eigenvalue weighted by Crippen LogP contribution is -2.28. The molecule has 1 amide bonds. The molecule has 33 heavy (non-hydrogen) atoms. The van der Waals surface area contributed by atoms with Crippen LogP contribution in [0.5, 0.6) is 11.5 Å². The zero-order valence-corrected chi connectivity index (χ0v) is 20.3. The Hall–Kier alpha value is -3.26. The summed E-state index contributed by atoms with van der Waals surface area (Å²) < 4.78 is 16.0. The molecule has 2 aromatic rings. The molecule has 0 aromatic heterocycles. The maximum absolute atomic E-state index is 13.0. The highest BCUT2D eigenvalue weighted by molar-refractivity contribution is 8.18. The molecule has 174 valence electrons. The standard InChI is InChI=1S/C25H28N2O5S/c1-6-27-23(28)22(14-17-7-12-20(21(13-17)30-4)32-15-16(2)3)33-25(27)26-19-10-8-18(9-11-19)24(29)31-5/h7-14,16H,6,15H2,1-5H3/b22-14+,26-25?. The van der Waals surface area contributed by atoms with Crippen LogP contribution in [0.1, 0.15) is 36.7 Å². The number of hydrogen-bond acceptors (Lipinski definition) is 7. The van der Waals surface area contributed by atoms with Crippen LogP contribution in [0.4, 0.5) is 5.69 Å². The second-order valence-electron chi connectivity index (χ2n) is 7.71. The van der Waals surface area contributed by atoms with E-state index in [1.54, 1.807) is 36.3 Å². The highest BCUT2D eigenvalue weighted by Gasteiger charge is 2.32. The van der Waals surface area contributed by atoms with E-state index in [2.05, 4.69) is 18.8 Å². The number of amidine groups is 1. The summed E-state index contributed by atoms with van der Waals surface area (Å²) in [4.78, 5) is 31.4. The molecule has 1 saturated heterocycles. The number of aliphatic imine (C=N–C) groups is 1. The Morgan fingerprint density at radius 2 is 1.85 bits per heavy atom. The highest BCUT2D eigenvalue weighted by atomic mass is 32.2. The van der Waals surface area contributed by atoms with Crippen LogP contribution in [0.25, 0.3) is 6.08 Å². The summed E-state index contributed by atoms with van der Waals surface area (Å²) >= 11 is 1.31. The summed E-state index contributed by atoms with van der Waals surface area (Å²) in [6.45, 7) is 7.16.